The molecule has 1 aromatic carbocycles. The van der Waals surface area contributed by atoms with Crippen molar-refractivity contribution >= 4 is 28.8 Å². The first-order chi connectivity index (χ1) is 13.0. The van der Waals surface area contributed by atoms with E-state index in [2.05, 4.69) is 15.6 Å². The van der Waals surface area contributed by atoms with Crippen LogP contribution in [0.3, 0.4) is 0 Å². The Hall–Kier alpha value is -2.39. The maximum atomic E-state index is 14.1. The molecule has 2 aliphatic rings. The summed E-state index contributed by atoms with van der Waals surface area (Å²) >= 11 is 1.35. The van der Waals surface area contributed by atoms with Gasteiger partial charge in [-0.1, -0.05) is 0 Å². The Morgan fingerprint density at radius 1 is 1.26 bits per heavy atom. The molecule has 2 bridgehead atoms. The fourth-order valence-electron chi connectivity index (χ4n) is 3.55. The summed E-state index contributed by atoms with van der Waals surface area (Å²) in [7, 11) is 0. The number of nitrogens with zero attached hydrogens (tertiary/aromatic N) is 1. The number of thiazole rings is 1. The highest BCUT2D eigenvalue weighted by molar-refractivity contribution is 7.09. The number of anilines is 1. The largest absolute Gasteiger partial charge is 0.374 e. The number of fused-ring (bicyclic) bond motifs is 2. The van der Waals surface area contributed by atoms with E-state index in [0.29, 0.717) is 17.5 Å². The van der Waals surface area contributed by atoms with Crippen molar-refractivity contribution in [1.29, 1.82) is 0 Å². The van der Waals surface area contributed by atoms with Crippen LogP contribution in [0.1, 0.15) is 34.6 Å². The van der Waals surface area contributed by atoms with E-state index < -0.39 is 17.5 Å². The summed E-state index contributed by atoms with van der Waals surface area (Å²) in [5.74, 6) is -3.36. The molecule has 1 aromatic heterocycles. The number of benzene rings is 1. The van der Waals surface area contributed by atoms with Gasteiger partial charge in [0.05, 0.1) is 35.9 Å². The second-order valence-electron chi connectivity index (χ2n) is 6.63. The van der Waals surface area contributed by atoms with Crippen molar-refractivity contribution in [3.8, 4) is 0 Å². The average molecular weight is 393 g/mol. The monoisotopic (exact) mass is 393 g/mol. The number of hydrogen-bond acceptors (Lipinski definition) is 5. The molecule has 142 valence electrons. The van der Waals surface area contributed by atoms with Gasteiger partial charge >= 0.3 is 0 Å². The lowest BCUT2D eigenvalue weighted by Crippen LogP contribution is -2.31. The van der Waals surface area contributed by atoms with Crippen LogP contribution in [-0.2, 0) is 16.1 Å². The van der Waals surface area contributed by atoms with Crippen molar-refractivity contribution in [2.45, 2.75) is 38.0 Å². The van der Waals surface area contributed by atoms with Gasteiger partial charge in [0.1, 0.15) is 16.6 Å². The first kappa shape index (κ1) is 18.0. The van der Waals surface area contributed by atoms with E-state index >= 15 is 0 Å². The van der Waals surface area contributed by atoms with E-state index in [0.717, 1.165) is 18.9 Å². The summed E-state index contributed by atoms with van der Waals surface area (Å²) < 4.78 is 33.8. The summed E-state index contributed by atoms with van der Waals surface area (Å²) in [6.45, 7) is 0.136. The lowest BCUT2D eigenvalue weighted by atomic mass is 9.88. The predicted molar refractivity (Wildman–Crippen MR) is 94.3 cm³/mol. The Bertz CT molecular complexity index is 875. The normalized spacial score (nSPS) is 23.4. The maximum absolute atomic E-state index is 14.1. The lowest BCUT2D eigenvalue weighted by Gasteiger charge is -2.18. The smallest absolute Gasteiger partial charge is 0.254 e. The van der Waals surface area contributed by atoms with E-state index in [1.807, 2.05) is 0 Å². The highest BCUT2D eigenvalue weighted by Gasteiger charge is 2.44. The van der Waals surface area contributed by atoms with E-state index in [1.165, 1.54) is 11.3 Å². The lowest BCUT2D eigenvalue weighted by molar-refractivity contribution is -0.121. The minimum Gasteiger partial charge on any atom is -0.374 e. The zero-order valence-corrected chi connectivity index (χ0v) is 15.0. The number of hydrogen-bond donors (Lipinski definition) is 2. The van der Waals surface area contributed by atoms with Crippen molar-refractivity contribution in [2.75, 3.05) is 5.32 Å². The van der Waals surface area contributed by atoms with Gasteiger partial charge in [-0.3, -0.25) is 9.59 Å². The zero-order chi connectivity index (χ0) is 19.0. The second kappa shape index (κ2) is 7.32. The van der Waals surface area contributed by atoms with Gasteiger partial charge in [-0.05, 0) is 25.3 Å². The van der Waals surface area contributed by atoms with Crippen molar-refractivity contribution in [3.63, 3.8) is 0 Å². The number of carbonyl (C=O) groups excluding carboxylic acids is 2. The van der Waals surface area contributed by atoms with Gasteiger partial charge in [0, 0.05) is 17.6 Å². The highest BCUT2D eigenvalue weighted by atomic mass is 32.1. The van der Waals surface area contributed by atoms with Crippen LogP contribution in [-0.4, -0.2) is 29.0 Å². The average Bonchev–Trinajstić information content (AvgIpc) is 3.39. The third-order valence-electron chi connectivity index (χ3n) is 4.89. The molecule has 6 nitrogen and oxygen atoms in total. The Labute approximate surface area is 157 Å². The van der Waals surface area contributed by atoms with Crippen molar-refractivity contribution in [1.82, 2.24) is 10.3 Å². The molecule has 27 heavy (non-hydrogen) atoms. The van der Waals surface area contributed by atoms with Gasteiger partial charge < -0.3 is 15.4 Å². The number of ether oxygens (including phenoxy) is 1. The van der Waals surface area contributed by atoms with Crippen LogP contribution in [0.5, 0.6) is 0 Å². The second-order valence-corrected chi connectivity index (χ2v) is 7.60. The molecule has 2 aliphatic heterocycles. The van der Waals surface area contributed by atoms with E-state index in [-0.39, 0.29) is 41.8 Å². The molecule has 4 rings (SSSR count). The van der Waals surface area contributed by atoms with E-state index in [9.17, 15) is 18.4 Å². The Morgan fingerprint density at radius 2 is 2.11 bits per heavy atom. The third kappa shape index (κ3) is 3.70. The van der Waals surface area contributed by atoms with Gasteiger partial charge in [-0.15, -0.1) is 11.3 Å². The van der Waals surface area contributed by atoms with Gasteiger partial charge in [0.2, 0.25) is 5.91 Å². The molecule has 3 heterocycles. The van der Waals surface area contributed by atoms with Crippen LogP contribution in [0.25, 0.3) is 0 Å². The molecular formula is C18H17F2N3O3S. The Balaban J connectivity index is 1.47. The molecule has 2 saturated heterocycles. The molecule has 2 aromatic rings. The van der Waals surface area contributed by atoms with Crippen molar-refractivity contribution in [3.05, 3.63) is 45.9 Å². The zero-order valence-electron chi connectivity index (χ0n) is 14.2. The minimum atomic E-state index is -0.995. The summed E-state index contributed by atoms with van der Waals surface area (Å²) in [6.07, 6.45) is 3.86. The fourth-order valence-corrected chi connectivity index (χ4v) is 4.11. The van der Waals surface area contributed by atoms with Gasteiger partial charge in [-0.2, -0.15) is 0 Å². The molecule has 0 spiro atoms. The molecular weight excluding hydrogens is 376 g/mol. The van der Waals surface area contributed by atoms with Gasteiger partial charge in [-0.25, -0.2) is 13.8 Å². The molecule has 2 amide bonds. The van der Waals surface area contributed by atoms with Crippen LogP contribution in [0.2, 0.25) is 0 Å². The van der Waals surface area contributed by atoms with Crippen LogP contribution < -0.4 is 10.6 Å². The van der Waals surface area contributed by atoms with E-state index in [4.69, 9.17) is 4.74 Å². The Morgan fingerprint density at radius 3 is 2.78 bits per heavy atom. The molecule has 2 N–H and O–H groups in total. The standard InChI is InChI=1S/C18H17F2N3O3S/c19-12-7-13(20)14(23-18(25)11-5-9-1-2-15(11)26-9)6-10(12)17(24)22-8-16-21-3-4-27-16/h3-4,6-7,9,11,15H,1-2,5,8H2,(H,22,24)(H,23,25)/t9-,11+,15+/m0/s1. The maximum Gasteiger partial charge on any atom is 0.254 e. The molecule has 0 saturated carbocycles. The number of halogens is 2. The minimum absolute atomic E-state index is 0.0796. The van der Waals surface area contributed by atoms with Crippen LogP contribution >= 0.6 is 11.3 Å². The predicted octanol–water partition coefficient (Wildman–Crippen LogP) is 2.86. The first-order valence-corrected chi connectivity index (χ1v) is 9.51. The number of carbonyl (C=O) groups is 2. The van der Waals surface area contributed by atoms with Gasteiger partial charge in [0.25, 0.3) is 5.91 Å². The quantitative estimate of drug-likeness (QED) is 0.819. The number of nitrogens with one attached hydrogen (secondary N) is 2. The number of amides is 2. The summed E-state index contributed by atoms with van der Waals surface area (Å²) in [5, 5.41) is 7.43. The topological polar surface area (TPSA) is 80.3 Å². The SMILES string of the molecule is O=C(NCc1nccs1)c1cc(NC(=O)[C@@H]2C[C@@H]3CC[C@H]2O3)c(F)cc1F. The van der Waals surface area contributed by atoms with Gasteiger partial charge in [0.15, 0.2) is 0 Å². The number of aromatic nitrogens is 1. The molecule has 0 unspecified atom stereocenters. The molecule has 9 heteroatoms. The van der Waals surface area contributed by atoms with Crippen LogP contribution in [0.4, 0.5) is 14.5 Å². The van der Waals surface area contributed by atoms with Crippen molar-refractivity contribution < 1.29 is 23.1 Å². The van der Waals surface area contributed by atoms with Crippen LogP contribution in [0, 0.1) is 17.6 Å². The summed E-state index contributed by atoms with van der Waals surface area (Å²) in [6, 6.07) is 1.62. The summed E-state index contributed by atoms with van der Waals surface area (Å²) in [4.78, 5) is 28.7. The Kier molecular flexibility index (Phi) is 4.88. The summed E-state index contributed by atoms with van der Waals surface area (Å²) in [5.41, 5.74) is -0.559. The first-order valence-electron chi connectivity index (χ1n) is 8.63. The van der Waals surface area contributed by atoms with Crippen LogP contribution in [0.15, 0.2) is 23.7 Å². The highest BCUT2D eigenvalue weighted by Crippen LogP contribution is 2.39. The number of rotatable bonds is 5. The van der Waals surface area contributed by atoms with Crippen molar-refractivity contribution in [2.24, 2.45) is 5.92 Å². The molecule has 0 radical (unpaired) electrons. The molecule has 2 fully saturated rings. The molecule has 0 aliphatic carbocycles. The molecule has 3 atom stereocenters. The third-order valence-corrected chi connectivity index (χ3v) is 5.67. The fraction of sp³-hybridized carbons (Fsp3) is 0.389. The van der Waals surface area contributed by atoms with E-state index in [1.54, 1.807) is 11.6 Å².